The molecule has 0 bridgehead atoms. The van der Waals surface area contributed by atoms with Gasteiger partial charge in [-0.25, -0.2) is 4.39 Å². The van der Waals surface area contributed by atoms with Gasteiger partial charge in [-0.1, -0.05) is 48.5 Å². The van der Waals surface area contributed by atoms with Crippen molar-refractivity contribution in [2.45, 2.75) is 25.5 Å². The normalized spacial score (nSPS) is 11.1. The van der Waals surface area contributed by atoms with E-state index in [9.17, 15) is 4.39 Å². The molecule has 0 aliphatic rings. The van der Waals surface area contributed by atoms with E-state index in [1.807, 2.05) is 24.3 Å². The van der Waals surface area contributed by atoms with Gasteiger partial charge in [-0.15, -0.1) is 18.5 Å². The van der Waals surface area contributed by atoms with E-state index in [1.165, 1.54) is 5.56 Å². The van der Waals surface area contributed by atoms with Crippen molar-refractivity contribution >= 4 is 18.5 Å². The minimum Gasteiger partial charge on any atom is -0.380 e. The first kappa shape index (κ1) is 22.1. The molecule has 0 heterocycles. The van der Waals surface area contributed by atoms with Crippen molar-refractivity contribution in [1.29, 1.82) is 0 Å². The third-order valence-electron chi connectivity index (χ3n) is 4.98. The van der Waals surface area contributed by atoms with Crippen molar-refractivity contribution in [3.05, 3.63) is 82.7 Å². The van der Waals surface area contributed by atoms with Crippen LogP contribution in [0.2, 0.25) is 0 Å². The number of rotatable bonds is 8. The Labute approximate surface area is 177 Å². The van der Waals surface area contributed by atoms with Gasteiger partial charge in [0.15, 0.2) is 0 Å². The summed E-state index contributed by atoms with van der Waals surface area (Å²) in [7, 11) is 8.76. The minimum absolute atomic E-state index is 0.167. The third kappa shape index (κ3) is 5.11. The molecule has 2 unspecified atom stereocenters. The van der Waals surface area contributed by atoms with Crippen LogP contribution in [0, 0.1) is 5.82 Å². The summed E-state index contributed by atoms with van der Waals surface area (Å²) in [5, 5.41) is 0. The van der Waals surface area contributed by atoms with Crippen LogP contribution in [0.5, 0.6) is 0 Å². The summed E-state index contributed by atoms with van der Waals surface area (Å²) in [5.41, 5.74) is 8.34. The first-order chi connectivity index (χ1) is 14.1. The number of hydrogen-bond acceptors (Lipinski definition) is 2. The SMILES string of the molecule is COCc1cc(CP)cc(COC)c1-c1ccc(-c2ccc(CP)c(F)c2)cc1. The number of benzene rings is 3. The number of ether oxygens (including phenoxy) is 2. The Kier molecular flexibility index (Phi) is 7.92. The van der Waals surface area contributed by atoms with E-state index in [0.29, 0.717) is 24.9 Å². The highest BCUT2D eigenvalue weighted by Crippen LogP contribution is 2.33. The molecular formula is C24H27FO2P2. The second-order valence-electron chi connectivity index (χ2n) is 6.95. The molecule has 0 fully saturated rings. The Hall–Kier alpha value is -1.63. The largest absolute Gasteiger partial charge is 0.380 e. The standard InChI is InChI=1S/C24H27FO2P2/c1-26-12-21-9-16(14-28)10-22(13-27-2)24(21)18-5-3-17(4-6-18)19-7-8-20(15-29)23(25)11-19/h3-11H,12-15,28-29H2,1-2H3. The fraction of sp³-hybridized carbons (Fsp3) is 0.250. The second-order valence-corrected chi connectivity index (χ2v) is 7.76. The molecule has 0 saturated carbocycles. The topological polar surface area (TPSA) is 18.5 Å². The maximum atomic E-state index is 14.2. The summed E-state index contributed by atoms with van der Waals surface area (Å²) in [6.07, 6.45) is 1.49. The molecule has 0 amide bonds. The molecule has 152 valence electrons. The Morgan fingerprint density at radius 2 is 1.24 bits per heavy atom. The predicted octanol–water partition coefficient (Wildman–Crippen LogP) is 6.20. The van der Waals surface area contributed by atoms with Gasteiger partial charge >= 0.3 is 0 Å². The Morgan fingerprint density at radius 3 is 1.72 bits per heavy atom. The van der Waals surface area contributed by atoms with Crippen LogP contribution in [0.25, 0.3) is 22.3 Å². The maximum absolute atomic E-state index is 14.2. The highest BCUT2D eigenvalue weighted by atomic mass is 31.0. The van der Waals surface area contributed by atoms with Crippen LogP contribution in [-0.4, -0.2) is 14.2 Å². The molecule has 3 aromatic carbocycles. The van der Waals surface area contributed by atoms with E-state index in [1.54, 1.807) is 20.3 Å². The Bertz CT molecular complexity index is 944. The zero-order valence-corrected chi connectivity index (χ0v) is 19.2. The van der Waals surface area contributed by atoms with Gasteiger partial charge in [0.2, 0.25) is 0 Å². The fourth-order valence-corrected chi connectivity index (χ4v) is 4.16. The van der Waals surface area contributed by atoms with Crippen molar-refractivity contribution in [3.63, 3.8) is 0 Å². The van der Waals surface area contributed by atoms with Crippen molar-refractivity contribution in [3.8, 4) is 22.3 Å². The van der Waals surface area contributed by atoms with E-state index < -0.39 is 0 Å². The van der Waals surface area contributed by atoms with Gasteiger partial charge in [0.25, 0.3) is 0 Å². The van der Waals surface area contributed by atoms with Crippen LogP contribution < -0.4 is 0 Å². The van der Waals surface area contributed by atoms with E-state index in [-0.39, 0.29) is 5.82 Å². The van der Waals surface area contributed by atoms with Gasteiger partial charge in [-0.05, 0) is 62.9 Å². The molecule has 2 atom stereocenters. The molecule has 0 radical (unpaired) electrons. The Morgan fingerprint density at radius 1 is 0.690 bits per heavy atom. The molecule has 5 heteroatoms. The first-order valence-corrected chi connectivity index (χ1v) is 11.2. The predicted molar refractivity (Wildman–Crippen MR) is 126 cm³/mol. The lowest BCUT2D eigenvalue weighted by molar-refractivity contribution is 0.180. The van der Waals surface area contributed by atoms with Crippen molar-refractivity contribution in [2.24, 2.45) is 0 Å². The summed E-state index contributed by atoms with van der Waals surface area (Å²) < 4.78 is 25.1. The summed E-state index contributed by atoms with van der Waals surface area (Å²) in [6, 6.07) is 18.1. The lowest BCUT2D eigenvalue weighted by Gasteiger charge is -2.17. The lowest BCUT2D eigenvalue weighted by Crippen LogP contribution is -2.01. The van der Waals surface area contributed by atoms with E-state index in [4.69, 9.17) is 9.47 Å². The van der Waals surface area contributed by atoms with Crippen LogP contribution >= 0.6 is 18.5 Å². The maximum Gasteiger partial charge on any atom is 0.127 e. The molecule has 2 nitrogen and oxygen atoms in total. The summed E-state index contributed by atoms with van der Waals surface area (Å²) in [6.45, 7) is 1.07. The van der Waals surface area contributed by atoms with Crippen molar-refractivity contribution in [1.82, 2.24) is 0 Å². The molecule has 3 aromatic rings. The third-order valence-corrected chi connectivity index (χ3v) is 5.89. The van der Waals surface area contributed by atoms with Crippen LogP contribution in [0.1, 0.15) is 22.3 Å². The van der Waals surface area contributed by atoms with Gasteiger partial charge in [-0.3, -0.25) is 0 Å². The molecule has 0 aliphatic carbocycles. The number of hydrogen-bond donors (Lipinski definition) is 0. The zero-order chi connectivity index (χ0) is 20.8. The smallest absolute Gasteiger partial charge is 0.127 e. The highest BCUT2D eigenvalue weighted by molar-refractivity contribution is 7.15. The average molecular weight is 428 g/mol. The molecular weight excluding hydrogens is 401 g/mol. The average Bonchev–Trinajstić information content (AvgIpc) is 2.74. The lowest BCUT2D eigenvalue weighted by atomic mass is 9.91. The van der Waals surface area contributed by atoms with Crippen LogP contribution in [-0.2, 0) is 35.0 Å². The molecule has 0 saturated heterocycles. The zero-order valence-electron chi connectivity index (χ0n) is 16.9. The monoisotopic (exact) mass is 428 g/mol. The van der Waals surface area contributed by atoms with Gasteiger partial charge < -0.3 is 9.47 Å². The van der Waals surface area contributed by atoms with Crippen LogP contribution in [0.3, 0.4) is 0 Å². The van der Waals surface area contributed by atoms with Crippen molar-refractivity contribution in [2.75, 3.05) is 14.2 Å². The summed E-state index contributed by atoms with van der Waals surface area (Å²) >= 11 is 0. The molecule has 3 rings (SSSR count). The molecule has 0 aromatic heterocycles. The summed E-state index contributed by atoms with van der Waals surface area (Å²) in [4.78, 5) is 0. The van der Waals surface area contributed by atoms with Gasteiger partial charge in [0.05, 0.1) is 13.2 Å². The van der Waals surface area contributed by atoms with E-state index >= 15 is 0 Å². The fourth-order valence-electron chi connectivity index (χ4n) is 3.59. The number of methoxy groups -OCH3 is 2. The highest BCUT2D eigenvalue weighted by Gasteiger charge is 2.14. The Balaban J connectivity index is 2.03. The molecule has 0 N–H and O–H groups in total. The minimum atomic E-state index is -0.167. The second kappa shape index (κ2) is 10.4. The van der Waals surface area contributed by atoms with E-state index in [2.05, 4.69) is 42.7 Å². The summed E-state index contributed by atoms with van der Waals surface area (Å²) in [5.74, 6) is -0.167. The molecule has 0 aliphatic heterocycles. The van der Waals surface area contributed by atoms with Crippen molar-refractivity contribution < 1.29 is 13.9 Å². The first-order valence-electron chi connectivity index (χ1n) is 9.53. The van der Waals surface area contributed by atoms with E-state index in [0.717, 1.165) is 39.5 Å². The molecule has 29 heavy (non-hydrogen) atoms. The van der Waals surface area contributed by atoms with Gasteiger partial charge in [0.1, 0.15) is 5.82 Å². The van der Waals surface area contributed by atoms with Gasteiger partial charge in [-0.2, -0.15) is 0 Å². The van der Waals surface area contributed by atoms with Gasteiger partial charge in [0, 0.05) is 14.2 Å². The number of halogens is 1. The van der Waals surface area contributed by atoms with Crippen LogP contribution in [0.15, 0.2) is 54.6 Å². The quantitative estimate of drug-likeness (QED) is 0.398. The van der Waals surface area contributed by atoms with Crippen LogP contribution in [0.4, 0.5) is 4.39 Å². The molecule has 0 spiro atoms.